The van der Waals surface area contributed by atoms with Gasteiger partial charge in [0.2, 0.25) is 15.9 Å². The summed E-state index contributed by atoms with van der Waals surface area (Å²) in [5, 5.41) is 10.1. The Hall–Kier alpha value is -4.85. The van der Waals surface area contributed by atoms with Gasteiger partial charge in [0, 0.05) is 32.7 Å². The molecule has 0 unspecified atom stereocenters. The molecule has 1 aliphatic carbocycles. The van der Waals surface area contributed by atoms with Gasteiger partial charge < -0.3 is 14.9 Å². The standard InChI is InChI=1S/C32H32F2N6O5S/c1-5-26(42)38-14-15-39(19(3)17-38)30-21-16-23(34)28(27-22(33)9-7-11-25(27)41)35-31(21)40(32(43)36-30)29-18(2)8-6-10-24(29)37(4)46(44,45)20-12-13-20/h5-11,16,19-20,41H,1,12-15,17H2,2-4H3/t19-/m0/s1. The average Bonchev–Trinajstić information content (AvgIpc) is 3.87. The molecule has 0 spiro atoms. The number of sulfonamides is 1. The molecule has 11 nitrogen and oxygen atoms in total. The largest absolute Gasteiger partial charge is 0.507 e. The number of benzene rings is 2. The molecule has 14 heteroatoms. The summed E-state index contributed by atoms with van der Waals surface area (Å²) in [4.78, 5) is 38.6. The summed E-state index contributed by atoms with van der Waals surface area (Å²) < 4.78 is 59.9. The molecule has 6 rings (SSSR count). The van der Waals surface area contributed by atoms with Crippen molar-refractivity contribution in [2.24, 2.45) is 0 Å². The predicted octanol–water partition coefficient (Wildman–Crippen LogP) is 3.89. The Morgan fingerprint density at radius 3 is 2.48 bits per heavy atom. The monoisotopic (exact) mass is 650 g/mol. The molecule has 4 aromatic rings. The highest BCUT2D eigenvalue weighted by molar-refractivity contribution is 7.93. The topological polar surface area (TPSA) is 129 Å². The number of phenolic OH excluding ortho intramolecular Hbond substituents is 1. The van der Waals surface area contributed by atoms with Crippen molar-refractivity contribution in [1.82, 2.24) is 19.4 Å². The van der Waals surface area contributed by atoms with Crippen molar-refractivity contribution in [3.05, 3.63) is 82.8 Å². The number of para-hydroxylation sites is 1. The minimum absolute atomic E-state index is 0.0916. The smallest absolute Gasteiger partial charge is 0.355 e. The number of aryl methyl sites for hydroxylation is 1. The number of carbonyl (C=O) groups excluding carboxylic acids is 1. The van der Waals surface area contributed by atoms with Crippen molar-refractivity contribution in [2.75, 3.05) is 35.9 Å². The Labute approximate surface area is 264 Å². The highest BCUT2D eigenvalue weighted by Gasteiger charge is 2.40. The van der Waals surface area contributed by atoms with Gasteiger partial charge in [-0.15, -0.1) is 0 Å². The lowest BCUT2D eigenvalue weighted by molar-refractivity contribution is -0.126. The van der Waals surface area contributed by atoms with Crippen LogP contribution in [0.1, 0.15) is 25.3 Å². The summed E-state index contributed by atoms with van der Waals surface area (Å²) in [6, 6.07) is 9.13. The number of hydrogen-bond acceptors (Lipinski definition) is 8. The summed E-state index contributed by atoms with van der Waals surface area (Å²) in [5.74, 6) is -2.62. The Kier molecular flexibility index (Phi) is 7.79. The van der Waals surface area contributed by atoms with E-state index in [1.165, 1.54) is 25.3 Å². The van der Waals surface area contributed by atoms with Crippen molar-refractivity contribution < 1.29 is 27.1 Å². The lowest BCUT2D eigenvalue weighted by Crippen LogP contribution is -2.54. The third-order valence-corrected chi connectivity index (χ3v) is 10.8. The first-order chi connectivity index (χ1) is 21.8. The minimum atomic E-state index is -3.76. The summed E-state index contributed by atoms with van der Waals surface area (Å²) in [6.45, 7) is 7.87. The van der Waals surface area contributed by atoms with E-state index in [0.29, 0.717) is 18.4 Å². The van der Waals surface area contributed by atoms with Gasteiger partial charge in [0.05, 0.1) is 27.6 Å². The van der Waals surface area contributed by atoms with Crippen LogP contribution in [-0.2, 0) is 14.8 Å². The van der Waals surface area contributed by atoms with Crippen LogP contribution in [-0.4, -0.2) is 76.8 Å². The van der Waals surface area contributed by atoms with Gasteiger partial charge in [0.15, 0.2) is 11.5 Å². The second-order valence-corrected chi connectivity index (χ2v) is 13.8. The molecule has 1 atom stereocenters. The molecule has 2 aliphatic rings. The number of phenols is 1. The Morgan fingerprint density at radius 1 is 1.11 bits per heavy atom. The number of halogens is 2. The maximum Gasteiger partial charge on any atom is 0.355 e. The highest BCUT2D eigenvalue weighted by atomic mass is 32.2. The number of amides is 1. The van der Waals surface area contributed by atoms with Gasteiger partial charge in [-0.05, 0) is 62.6 Å². The van der Waals surface area contributed by atoms with E-state index in [1.807, 2.05) is 6.92 Å². The zero-order chi connectivity index (χ0) is 33.1. The molecule has 1 N–H and O–H groups in total. The summed E-state index contributed by atoms with van der Waals surface area (Å²) in [5.41, 5.74) is -1.18. The fourth-order valence-corrected chi connectivity index (χ4v) is 7.57. The molecular weight excluding hydrogens is 618 g/mol. The number of carbonyl (C=O) groups is 1. The average molecular weight is 651 g/mol. The maximum absolute atomic E-state index is 16.0. The van der Waals surface area contributed by atoms with E-state index in [1.54, 1.807) is 34.9 Å². The van der Waals surface area contributed by atoms with Gasteiger partial charge in [-0.3, -0.25) is 9.10 Å². The SMILES string of the molecule is C=CC(=O)N1CCN(c2nc(=O)n(-c3c(C)cccc3N(C)S(=O)(=O)C3CC3)c3nc(-c4c(O)cccc4F)c(F)cc23)[C@@H](C)C1. The zero-order valence-corrected chi connectivity index (χ0v) is 26.3. The Bertz CT molecular complexity index is 2060. The number of fused-ring (bicyclic) bond motifs is 1. The number of aromatic hydroxyl groups is 1. The summed E-state index contributed by atoms with van der Waals surface area (Å²) in [6.07, 6.45) is 2.26. The molecule has 1 saturated carbocycles. The number of anilines is 2. The van der Waals surface area contributed by atoms with Gasteiger partial charge in [0.1, 0.15) is 23.1 Å². The first kappa shape index (κ1) is 31.1. The molecule has 0 radical (unpaired) electrons. The van der Waals surface area contributed by atoms with Crippen LogP contribution in [0, 0.1) is 18.6 Å². The van der Waals surface area contributed by atoms with E-state index < -0.39 is 49.6 Å². The molecular formula is C32H32F2N6O5S. The van der Waals surface area contributed by atoms with Crippen molar-refractivity contribution in [1.29, 1.82) is 0 Å². The zero-order valence-electron chi connectivity index (χ0n) is 25.4. The van der Waals surface area contributed by atoms with Crippen LogP contribution in [0.2, 0.25) is 0 Å². The Balaban J connectivity index is 1.65. The molecule has 0 bridgehead atoms. The Morgan fingerprint density at radius 2 is 1.83 bits per heavy atom. The summed E-state index contributed by atoms with van der Waals surface area (Å²) in [7, 11) is -2.36. The van der Waals surface area contributed by atoms with Gasteiger partial charge in [-0.1, -0.05) is 24.8 Å². The maximum atomic E-state index is 16.0. The quantitative estimate of drug-likeness (QED) is 0.299. The molecule has 1 amide bonds. The predicted molar refractivity (Wildman–Crippen MR) is 171 cm³/mol. The minimum Gasteiger partial charge on any atom is -0.507 e. The number of pyridine rings is 1. The van der Waals surface area contributed by atoms with Crippen LogP contribution < -0.4 is 14.9 Å². The summed E-state index contributed by atoms with van der Waals surface area (Å²) >= 11 is 0. The first-order valence-electron chi connectivity index (χ1n) is 14.7. The van der Waals surface area contributed by atoms with E-state index in [0.717, 1.165) is 21.0 Å². The van der Waals surface area contributed by atoms with Crippen LogP contribution in [0.5, 0.6) is 5.75 Å². The van der Waals surface area contributed by atoms with Crippen LogP contribution in [0.4, 0.5) is 20.3 Å². The van der Waals surface area contributed by atoms with Crippen LogP contribution in [0.3, 0.4) is 0 Å². The van der Waals surface area contributed by atoms with E-state index in [4.69, 9.17) is 0 Å². The second-order valence-electron chi connectivity index (χ2n) is 11.6. The number of piperazine rings is 1. The second kappa shape index (κ2) is 11.5. The van der Waals surface area contributed by atoms with Crippen molar-refractivity contribution in [3.63, 3.8) is 0 Å². The molecule has 2 aromatic carbocycles. The van der Waals surface area contributed by atoms with Gasteiger partial charge in [-0.2, -0.15) is 4.98 Å². The highest BCUT2D eigenvalue weighted by Crippen LogP contribution is 2.39. The van der Waals surface area contributed by atoms with E-state index in [9.17, 15) is 23.1 Å². The van der Waals surface area contributed by atoms with Crippen molar-refractivity contribution >= 4 is 38.5 Å². The molecule has 1 aliphatic heterocycles. The normalized spacial score (nSPS) is 16.9. The molecule has 240 valence electrons. The number of nitrogens with zero attached hydrogens (tertiary/aromatic N) is 6. The fourth-order valence-electron chi connectivity index (χ4n) is 5.97. The first-order valence-corrected chi connectivity index (χ1v) is 16.2. The van der Waals surface area contributed by atoms with E-state index in [-0.39, 0.29) is 59.8 Å². The van der Waals surface area contributed by atoms with Crippen LogP contribution in [0.25, 0.3) is 28.0 Å². The lowest BCUT2D eigenvalue weighted by atomic mass is 10.1. The van der Waals surface area contributed by atoms with Crippen LogP contribution >= 0.6 is 0 Å². The fraction of sp³-hybridized carbons (Fsp3) is 0.312. The number of aromatic nitrogens is 3. The lowest BCUT2D eigenvalue weighted by Gasteiger charge is -2.40. The van der Waals surface area contributed by atoms with Crippen molar-refractivity contribution in [3.8, 4) is 22.7 Å². The molecule has 2 fully saturated rings. The van der Waals surface area contributed by atoms with Gasteiger partial charge in [0.25, 0.3) is 0 Å². The molecule has 1 saturated heterocycles. The third kappa shape index (κ3) is 5.15. The van der Waals surface area contributed by atoms with Crippen LogP contribution in [0.15, 0.2) is 59.9 Å². The van der Waals surface area contributed by atoms with E-state index >= 15 is 8.78 Å². The van der Waals surface area contributed by atoms with Gasteiger partial charge in [-0.25, -0.2) is 31.5 Å². The molecule has 46 heavy (non-hydrogen) atoms. The van der Waals surface area contributed by atoms with Gasteiger partial charge >= 0.3 is 5.69 Å². The number of rotatable bonds is 7. The molecule has 3 heterocycles. The number of hydrogen-bond donors (Lipinski definition) is 1. The van der Waals surface area contributed by atoms with Crippen molar-refractivity contribution in [2.45, 2.75) is 38.0 Å². The molecule has 2 aromatic heterocycles. The third-order valence-electron chi connectivity index (χ3n) is 8.52. The van der Waals surface area contributed by atoms with E-state index in [2.05, 4.69) is 16.5 Å².